The molecule has 0 bridgehead atoms. The number of hydrogen-bond donors (Lipinski definition) is 2. The molecule has 14 heavy (non-hydrogen) atoms. The molecule has 2 rings (SSSR count). The highest BCUT2D eigenvalue weighted by Crippen LogP contribution is 2.37. The van der Waals surface area contributed by atoms with E-state index in [0.717, 1.165) is 30.1 Å². The van der Waals surface area contributed by atoms with Gasteiger partial charge in [0.15, 0.2) is 0 Å². The molecule has 4 heteroatoms. The smallest absolute Gasteiger partial charge is 0.105 e. The maximum Gasteiger partial charge on any atom is 0.105 e. The first-order chi connectivity index (χ1) is 6.63. The number of aromatic nitrogens is 1. The predicted molar refractivity (Wildman–Crippen MR) is 57.4 cm³/mol. The Morgan fingerprint density at radius 1 is 1.71 bits per heavy atom. The van der Waals surface area contributed by atoms with E-state index in [9.17, 15) is 5.11 Å². The molecule has 0 radical (unpaired) electrons. The molecule has 2 atom stereocenters. The fourth-order valence-electron chi connectivity index (χ4n) is 1.95. The number of rotatable bonds is 1. The number of aryl methyl sites for hydroxylation is 1. The molecular formula is C10H16N2OS. The first kappa shape index (κ1) is 10.1. The first-order valence-electron chi connectivity index (χ1n) is 5.00. The third-order valence-electron chi connectivity index (χ3n) is 3.00. The zero-order valence-corrected chi connectivity index (χ0v) is 9.40. The molecule has 0 aromatic carbocycles. The zero-order valence-electron chi connectivity index (χ0n) is 8.58. The summed E-state index contributed by atoms with van der Waals surface area (Å²) in [6.07, 6.45) is 0.787. The van der Waals surface area contributed by atoms with E-state index in [-0.39, 0.29) is 5.92 Å². The van der Waals surface area contributed by atoms with Crippen LogP contribution in [0.4, 0.5) is 0 Å². The average molecular weight is 212 g/mol. The first-order valence-corrected chi connectivity index (χ1v) is 5.77. The van der Waals surface area contributed by atoms with Crippen molar-refractivity contribution in [3.8, 4) is 0 Å². The van der Waals surface area contributed by atoms with Gasteiger partial charge in [0.1, 0.15) is 5.60 Å². The minimum atomic E-state index is -0.656. The van der Waals surface area contributed by atoms with Crippen LogP contribution in [0.25, 0.3) is 0 Å². The third-order valence-corrected chi connectivity index (χ3v) is 4.05. The fourth-order valence-corrected chi connectivity index (χ4v) is 2.93. The molecule has 0 spiro atoms. The Morgan fingerprint density at radius 3 is 3.07 bits per heavy atom. The molecule has 1 saturated heterocycles. The Balaban J connectivity index is 2.29. The van der Waals surface area contributed by atoms with E-state index >= 15 is 0 Å². The van der Waals surface area contributed by atoms with Crippen molar-refractivity contribution >= 4 is 11.5 Å². The molecule has 1 aromatic heterocycles. The minimum Gasteiger partial charge on any atom is -0.384 e. The van der Waals surface area contributed by atoms with Crippen LogP contribution in [0, 0.1) is 12.8 Å². The van der Waals surface area contributed by atoms with Gasteiger partial charge in [0.05, 0.1) is 10.6 Å². The average Bonchev–Trinajstić information content (AvgIpc) is 2.58. The molecule has 1 fully saturated rings. The lowest BCUT2D eigenvalue weighted by Gasteiger charge is -2.37. The molecule has 0 amide bonds. The van der Waals surface area contributed by atoms with Crippen molar-refractivity contribution in [3.05, 3.63) is 16.6 Å². The summed E-state index contributed by atoms with van der Waals surface area (Å²) in [5, 5.41) is 13.8. The van der Waals surface area contributed by atoms with Crippen LogP contribution in [0.2, 0.25) is 0 Å². The second kappa shape index (κ2) is 3.61. The van der Waals surface area contributed by atoms with Crippen molar-refractivity contribution in [2.45, 2.75) is 25.9 Å². The SMILES string of the molecule is Cc1cc(C2(O)CCNCC2C)sn1. The van der Waals surface area contributed by atoms with Crippen LogP contribution >= 0.6 is 11.5 Å². The number of aliphatic hydroxyl groups is 1. The van der Waals surface area contributed by atoms with Gasteiger partial charge in [-0.25, -0.2) is 0 Å². The molecule has 0 aliphatic carbocycles. The summed E-state index contributed by atoms with van der Waals surface area (Å²) in [6.45, 7) is 5.82. The Morgan fingerprint density at radius 2 is 2.50 bits per heavy atom. The van der Waals surface area contributed by atoms with Gasteiger partial charge in [0.25, 0.3) is 0 Å². The summed E-state index contributed by atoms with van der Waals surface area (Å²) in [7, 11) is 0. The maximum absolute atomic E-state index is 10.6. The van der Waals surface area contributed by atoms with Gasteiger partial charge in [-0.1, -0.05) is 6.92 Å². The fraction of sp³-hybridized carbons (Fsp3) is 0.700. The van der Waals surface area contributed by atoms with Crippen LogP contribution in [-0.4, -0.2) is 22.6 Å². The number of piperidine rings is 1. The lowest BCUT2D eigenvalue weighted by atomic mass is 9.82. The highest BCUT2D eigenvalue weighted by molar-refractivity contribution is 7.06. The summed E-state index contributed by atoms with van der Waals surface area (Å²) >= 11 is 1.43. The monoisotopic (exact) mass is 212 g/mol. The van der Waals surface area contributed by atoms with Gasteiger partial charge in [-0.15, -0.1) is 0 Å². The van der Waals surface area contributed by atoms with Gasteiger partial charge in [-0.05, 0) is 37.5 Å². The second-order valence-corrected chi connectivity index (χ2v) is 4.92. The Hall–Kier alpha value is -0.450. The van der Waals surface area contributed by atoms with Crippen LogP contribution in [0.15, 0.2) is 6.07 Å². The molecular weight excluding hydrogens is 196 g/mol. The Labute approximate surface area is 88.3 Å². The van der Waals surface area contributed by atoms with Crippen LogP contribution in [0.5, 0.6) is 0 Å². The summed E-state index contributed by atoms with van der Waals surface area (Å²) < 4.78 is 4.23. The van der Waals surface area contributed by atoms with E-state index in [0.29, 0.717) is 0 Å². The van der Waals surface area contributed by atoms with E-state index in [4.69, 9.17) is 0 Å². The summed E-state index contributed by atoms with van der Waals surface area (Å²) in [6, 6.07) is 2.01. The molecule has 2 unspecified atom stereocenters. The van der Waals surface area contributed by atoms with E-state index < -0.39 is 5.60 Å². The number of nitrogens with zero attached hydrogens (tertiary/aromatic N) is 1. The summed E-state index contributed by atoms with van der Waals surface area (Å²) in [5.41, 5.74) is 0.348. The van der Waals surface area contributed by atoms with Crippen molar-refractivity contribution in [2.24, 2.45) is 5.92 Å². The molecule has 1 aliphatic rings. The van der Waals surface area contributed by atoms with Crippen LogP contribution in [0.3, 0.4) is 0 Å². The highest BCUT2D eigenvalue weighted by Gasteiger charge is 2.39. The number of nitrogens with one attached hydrogen (secondary N) is 1. The van der Waals surface area contributed by atoms with E-state index in [1.807, 2.05) is 13.0 Å². The Bertz CT molecular complexity index is 326. The maximum atomic E-state index is 10.6. The molecule has 2 heterocycles. The minimum absolute atomic E-state index is 0.260. The van der Waals surface area contributed by atoms with Gasteiger partial charge in [-0.2, -0.15) is 4.37 Å². The van der Waals surface area contributed by atoms with Crippen molar-refractivity contribution in [3.63, 3.8) is 0 Å². The lowest BCUT2D eigenvalue weighted by Crippen LogP contribution is -2.46. The van der Waals surface area contributed by atoms with Crippen molar-refractivity contribution < 1.29 is 5.11 Å². The predicted octanol–water partition coefficient (Wildman–Crippen LogP) is 1.27. The topological polar surface area (TPSA) is 45.1 Å². The van der Waals surface area contributed by atoms with Crippen molar-refractivity contribution in [2.75, 3.05) is 13.1 Å². The Kier molecular flexibility index (Phi) is 2.60. The van der Waals surface area contributed by atoms with Gasteiger partial charge in [-0.3, -0.25) is 0 Å². The van der Waals surface area contributed by atoms with Gasteiger partial charge in [0, 0.05) is 12.5 Å². The molecule has 3 nitrogen and oxygen atoms in total. The van der Waals surface area contributed by atoms with Crippen LogP contribution in [0.1, 0.15) is 23.9 Å². The lowest BCUT2D eigenvalue weighted by molar-refractivity contribution is -0.0360. The summed E-state index contributed by atoms with van der Waals surface area (Å²) in [4.78, 5) is 1.02. The standard InChI is InChI=1S/C10H16N2OS/c1-7-6-11-4-3-10(7,13)9-5-8(2)12-14-9/h5,7,11,13H,3-4,6H2,1-2H3. The highest BCUT2D eigenvalue weighted by atomic mass is 32.1. The molecule has 2 N–H and O–H groups in total. The van der Waals surface area contributed by atoms with E-state index in [1.54, 1.807) is 0 Å². The quantitative estimate of drug-likeness (QED) is 0.737. The third kappa shape index (κ3) is 1.58. The molecule has 0 saturated carbocycles. The second-order valence-electron chi connectivity index (χ2n) is 4.11. The normalized spacial score (nSPS) is 33.2. The van der Waals surface area contributed by atoms with Gasteiger partial charge >= 0.3 is 0 Å². The van der Waals surface area contributed by atoms with Crippen molar-refractivity contribution in [1.29, 1.82) is 0 Å². The van der Waals surface area contributed by atoms with Crippen LogP contribution < -0.4 is 5.32 Å². The largest absolute Gasteiger partial charge is 0.384 e. The van der Waals surface area contributed by atoms with Gasteiger partial charge < -0.3 is 10.4 Å². The number of hydrogen-bond acceptors (Lipinski definition) is 4. The van der Waals surface area contributed by atoms with E-state index in [2.05, 4.69) is 16.6 Å². The zero-order chi connectivity index (χ0) is 10.2. The van der Waals surface area contributed by atoms with E-state index in [1.165, 1.54) is 11.5 Å². The molecule has 1 aliphatic heterocycles. The molecule has 78 valence electrons. The molecule has 1 aromatic rings. The van der Waals surface area contributed by atoms with Crippen LogP contribution in [-0.2, 0) is 5.60 Å². The van der Waals surface area contributed by atoms with Gasteiger partial charge in [0.2, 0.25) is 0 Å². The van der Waals surface area contributed by atoms with Crippen molar-refractivity contribution in [1.82, 2.24) is 9.69 Å². The summed E-state index contributed by atoms with van der Waals surface area (Å²) in [5.74, 6) is 0.260.